The summed E-state index contributed by atoms with van der Waals surface area (Å²) in [6.45, 7) is 0.969. The van der Waals surface area contributed by atoms with Crippen LogP contribution in [-0.4, -0.2) is 39.1 Å². The van der Waals surface area contributed by atoms with E-state index in [9.17, 15) is 14.0 Å². The van der Waals surface area contributed by atoms with Crippen LogP contribution >= 0.6 is 0 Å². The van der Waals surface area contributed by atoms with Crippen LogP contribution < -0.4 is 5.32 Å². The summed E-state index contributed by atoms with van der Waals surface area (Å²) in [5, 5.41) is 8.25. The van der Waals surface area contributed by atoms with Crippen molar-refractivity contribution < 1.29 is 14.0 Å². The molecule has 2 aromatic carbocycles. The number of rotatable bonds is 5. The van der Waals surface area contributed by atoms with Crippen molar-refractivity contribution in [2.24, 2.45) is 0 Å². The molecule has 2 heterocycles. The van der Waals surface area contributed by atoms with Gasteiger partial charge in [-0.15, -0.1) is 0 Å². The first-order chi connectivity index (χ1) is 13.1. The summed E-state index contributed by atoms with van der Waals surface area (Å²) >= 11 is 0. The zero-order valence-corrected chi connectivity index (χ0v) is 14.6. The van der Waals surface area contributed by atoms with Gasteiger partial charge in [0.1, 0.15) is 12.4 Å². The van der Waals surface area contributed by atoms with Gasteiger partial charge in [0, 0.05) is 31.1 Å². The number of benzene rings is 2. The SMILES string of the molecule is O=C(Cn1cc2ccccc2n1)NC1CC(=O)N(Cc2ccc(F)cc2)C1. The first kappa shape index (κ1) is 17.2. The number of amides is 2. The number of carbonyl (C=O) groups is 2. The molecule has 1 saturated heterocycles. The van der Waals surface area contributed by atoms with E-state index in [1.54, 1.807) is 21.7 Å². The third-order valence-corrected chi connectivity index (χ3v) is 4.63. The van der Waals surface area contributed by atoms with Crippen molar-refractivity contribution in [3.63, 3.8) is 0 Å². The predicted octanol–water partition coefficient (Wildman–Crippen LogP) is 2.09. The molecule has 1 aliphatic rings. The highest BCUT2D eigenvalue weighted by molar-refractivity contribution is 5.83. The molecule has 1 unspecified atom stereocenters. The quantitative estimate of drug-likeness (QED) is 0.752. The Morgan fingerprint density at radius 2 is 1.96 bits per heavy atom. The lowest BCUT2D eigenvalue weighted by molar-refractivity contribution is -0.128. The summed E-state index contributed by atoms with van der Waals surface area (Å²) in [6, 6.07) is 13.5. The lowest BCUT2D eigenvalue weighted by Crippen LogP contribution is -2.38. The molecule has 3 aromatic rings. The van der Waals surface area contributed by atoms with Crippen molar-refractivity contribution in [3.8, 4) is 0 Å². The van der Waals surface area contributed by atoms with Crippen molar-refractivity contribution in [3.05, 3.63) is 66.1 Å². The zero-order valence-electron chi connectivity index (χ0n) is 14.6. The molecule has 1 atom stereocenters. The molecule has 2 amide bonds. The molecule has 4 rings (SSSR count). The molecule has 1 fully saturated rings. The fourth-order valence-electron chi connectivity index (χ4n) is 3.35. The van der Waals surface area contributed by atoms with E-state index in [4.69, 9.17) is 0 Å². The molecule has 0 radical (unpaired) electrons. The molecule has 0 spiro atoms. The molecule has 7 heteroatoms. The minimum Gasteiger partial charge on any atom is -0.349 e. The van der Waals surface area contributed by atoms with Gasteiger partial charge in [0.15, 0.2) is 0 Å². The Kier molecular flexibility index (Phi) is 4.58. The van der Waals surface area contributed by atoms with E-state index in [0.717, 1.165) is 16.5 Å². The van der Waals surface area contributed by atoms with Crippen molar-refractivity contribution in [1.29, 1.82) is 0 Å². The average Bonchev–Trinajstić information content (AvgIpc) is 3.19. The van der Waals surface area contributed by atoms with Crippen molar-refractivity contribution in [1.82, 2.24) is 20.0 Å². The second-order valence-corrected chi connectivity index (χ2v) is 6.75. The monoisotopic (exact) mass is 366 g/mol. The molecule has 138 valence electrons. The van der Waals surface area contributed by atoms with E-state index < -0.39 is 0 Å². The standard InChI is InChI=1S/C20H19FN4O2/c21-16-7-5-14(6-8-16)10-24-12-17(9-20(24)27)22-19(26)13-25-11-15-3-1-2-4-18(15)23-25/h1-8,11,17H,9-10,12-13H2,(H,22,26). The topological polar surface area (TPSA) is 67.2 Å². The smallest absolute Gasteiger partial charge is 0.242 e. The predicted molar refractivity (Wildman–Crippen MR) is 98.1 cm³/mol. The van der Waals surface area contributed by atoms with Crippen LogP contribution in [0, 0.1) is 5.82 Å². The number of likely N-dealkylation sites (tertiary alicyclic amines) is 1. The van der Waals surface area contributed by atoms with Crippen LogP contribution in [0.15, 0.2) is 54.7 Å². The average molecular weight is 366 g/mol. The van der Waals surface area contributed by atoms with Gasteiger partial charge in [-0.3, -0.25) is 14.3 Å². The minimum atomic E-state index is -0.303. The maximum Gasteiger partial charge on any atom is 0.242 e. The first-order valence-corrected chi connectivity index (χ1v) is 8.80. The number of carbonyl (C=O) groups excluding carboxylic acids is 2. The number of fused-ring (bicyclic) bond motifs is 1. The molecule has 0 aliphatic carbocycles. The van der Waals surface area contributed by atoms with Crippen LogP contribution in [0.1, 0.15) is 12.0 Å². The summed E-state index contributed by atoms with van der Waals surface area (Å²) in [6.07, 6.45) is 2.10. The van der Waals surface area contributed by atoms with Gasteiger partial charge >= 0.3 is 0 Å². The van der Waals surface area contributed by atoms with Gasteiger partial charge in [0.2, 0.25) is 11.8 Å². The Balaban J connectivity index is 1.33. The van der Waals surface area contributed by atoms with Crippen LogP contribution in [0.25, 0.3) is 10.9 Å². The minimum absolute atomic E-state index is 0.0190. The van der Waals surface area contributed by atoms with E-state index in [2.05, 4.69) is 10.4 Å². The largest absolute Gasteiger partial charge is 0.349 e. The number of aromatic nitrogens is 2. The fourth-order valence-corrected chi connectivity index (χ4v) is 3.35. The summed E-state index contributed by atoms with van der Waals surface area (Å²) < 4.78 is 14.6. The Bertz CT molecular complexity index is 950. The summed E-state index contributed by atoms with van der Waals surface area (Å²) in [5.74, 6) is -0.499. The van der Waals surface area contributed by atoms with E-state index in [-0.39, 0.29) is 36.6 Å². The Morgan fingerprint density at radius 3 is 2.74 bits per heavy atom. The third-order valence-electron chi connectivity index (χ3n) is 4.63. The molecule has 1 aliphatic heterocycles. The summed E-state index contributed by atoms with van der Waals surface area (Å²) in [5.41, 5.74) is 1.70. The Morgan fingerprint density at radius 1 is 1.19 bits per heavy atom. The van der Waals surface area contributed by atoms with Crippen molar-refractivity contribution in [2.45, 2.75) is 25.6 Å². The number of nitrogens with zero attached hydrogens (tertiary/aromatic N) is 3. The van der Waals surface area contributed by atoms with Gasteiger partial charge in [-0.1, -0.05) is 30.3 Å². The lowest BCUT2D eigenvalue weighted by atomic mass is 10.2. The van der Waals surface area contributed by atoms with Gasteiger partial charge in [-0.25, -0.2) is 4.39 Å². The second kappa shape index (κ2) is 7.19. The molecule has 0 bridgehead atoms. The summed E-state index contributed by atoms with van der Waals surface area (Å²) in [4.78, 5) is 26.2. The maximum atomic E-state index is 13.0. The van der Waals surface area contributed by atoms with Gasteiger partial charge in [0.05, 0.1) is 11.6 Å². The molecule has 0 saturated carbocycles. The van der Waals surface area contributed by atoms with Gasteiger partial charge < -0.3 is 10.2 Å². The number of halogens is 1. The Labute approximate surface area is 155 Å². The van der Waals surface area contributed by atoms with Gasteiger partial charge in [-0.2, -0.15) is 5.10 Å². The lowest BCUT2D eigenvalue weighted by Gasteiger charge is -2.17. The molecular weight excluding hydrogens is 347 g/mol. The number of hydrogen-bond acceptors (Lipinski definition) is 3. The fraction of sp³-hybridized carbons (Fsp3) is 0.250. The maximum absolute atomic E-state index is 13.0. The highest BCUT2D eigenvalue weighted by Gasteiger charge is 2.30. The van der Waals surface area contributed by atoms with E-state index in [1.165, 1.54) is 12.1 Å². The van der Waals surface area contributed by atoms with Crippen LogP contribution in [-0.2, 0) is 22.7 Å². The van der Waals surface area contributed by atoms with E-state index in [1.807, 2.05) is 30.5 Å². The molecule has 27 heavy (non-hydrogen) atoms. The highest BCUT2D eigenvalue weighted by atomic mass is 19.1. The van der Waals surface area contributed by atoms with Gasteiger partial charge in [0.25, 0.3) is 0 Å². The number of hydrogen-bond donors (Lipinski definition) is 1. The van der Waals surface area contributed by atoms with E-state index >= 15 is 0 Å². The second-order valence-electron chi connectivity index (χ2n) is 6.75. The molecule has 6 nitrogen and oxygen atoms in total. The van der Waals surface area contributed by atoms with Crippen LogP contribution in [0.5, 0.6) is 0 Å². The molecule has 1 N–H and O–H groups in total. The molecular formula is C20H19FN4O2. The first-order valence-electron chi connectivity index (χ1n) is 8.80. The zero-order chi connectivity index (χ0) is 18.8. The third kappa shape index (κ3) is 3.97. The number of nitrogens with one attached hydrogen (secondary N) is 1. The normalized spacial score (nSPS) is 16.9. The van der Waals surface area contributed by atoms with Crippen molar-refractivity contribution in [2.75, 3.05) is 6.54 Å². The van der Waals surface area contributed by atoms with Gasteiger partial charge in [-0.05, 0) is 23.8 Å². The highest BCUT2D eigenvalue weighted by Crippen LogP contribution is 2.16. The Hall–Kier alpha value is -3.22. The van der Waals surface area contributed by atoms with Crippen molar-refractivity contribution >= 4 is 22.7 Å². The summed E-state index contributed by atoms with van der Waals surface area (Å²) in [7, 11) is 0. The van der Waals surface area contributed by atoms with E-state index in [0.29, 0.717) is 13.1 Å². The molecule has 1 aromatic heterocycles. The van der Waals surface area contributed by atoms with Crippen LogP contribution in [0.3, 0.4) is 0 Å². The van der Waals surface area contributed by atoms with Crippen LogP contribution in [0.2, 0.25) is 0 Å². The van der Waals surface area contributed by atoms with Crippen LogP contribution in [0.4, 0.5) is 4.39 Å².